The Balaban J connectivity index is 1.52. The maximum Gasteiger partial charge on any atom is 0.273 e. The van der Waals surface area contributed by atoms with Crippen LogP contribution in [0, 0.1) is 0 Å². The molecule has 0 aliphatic rings. The van der Waals surface area contributed by atoms with Gasteiger partial charge < -0.3 is 20.3 Å². The molecule has 136 valence electrons. The van der Waals surface area contributed by atoms with Crippen LogP contribution < -0.4 is 11.1 Å². The number of aromatic nitrogens is 1. The molecule has 1 amide bonds. The largest absolute Gasteiger partial charge is 0.369 e. The number of nitrogens with zero attached hydrogens (tertiary/aromatic N) is 1. The average Bonchev–Trinajstić information content (AvgIpc) is 3.08. The van der Waals surface area contributed by atoms with Crippen molar-refractivity contribution in [1.29, 1.82) is 0 Å². The molecule has 0 unspecified atom stereocenters. The summed E-state index contributed by atoms with van der Waals surface area (Å²) in [5.74, 6) is 0.191. The van der Waals surface area contributed by atoms with Gasteiger partial charge in [0.2, 0.25) is 0 Å². The monoisotopic (exact) mass is 353 g/mol. The molecule has 0 saturated carbocycles. The summed E-state index contributed by atoms with van der Waals surface area (Å²) in [7, 11) is 0. The van der Waals surface area contributed by atoms with Crippen molar-refractivity contribution in [1.82, 2.24) is 10.5 Å². The van der Waals surface area contributed by atoms with Crippen molar-refractivity contribution in [3.63, 3.8) is 0 Å². The van der Waals surface area contributed by atoms with E-state index in [0.29, 0.717) is 18.9 Å². The Hall–Kier alpha value is -2.70. The Morgan fingerprint density at radius 2 is 1.92 bits per heavy atom. The lowest BCUT2D eigenvalue weighted by molar-refractivity contribution is 0.0877. The number of amides is 1. The Bertz CT molecular complexity index is 896. The molecule has 3 aromatic rings. The van der Waals surface area contributed by atoms with Crippen LogP contribution in [0.2, 0.25) is 0 Å². The fourth-order valence-corrected chi connectivity index (χ4v) is 2.48. The number of benzene rings is 2. The maximum atomic E-state index is 12.0. The number of rotatable bonds is 7. The van der Waals surface area contributed by atoms with E-state index in [4.69, 9.17) is 15.0 Å². The quantitative estimate of drug-likeness (QED) is 0.681. The van der Waals surface area contributed by atoms with Crippen molar-refractivity contribution >= 4 is 16.7 Å². The number of fused-ring (bicyclic) bond motifs is 1. The molecule has 0 saturated heterocycles. The molecule has 1 heterocycles. The van der Waals surface area contributed by atoms with Crippen molar-refractivity contribution in [2.45, 2.75) is 32.6 Å². The molecule has 0 atom stereocenters. The highest BCUT2D eigenvalue weighted by molar-refractivity contribution is 5.92. The van der Waals surface area contributed by atoms with Gasteiger partial charge in [0.15, 0.2) is 11.5 Å². The highest BCUT2D eigenvalue weighted by atomic mass is 16.5. The Labute approximate surface area is 152 Å². The van der Waals surface area contributed by atoms with Crippen molar-refractivity contribution in [3.05, 3.63) is 65.5 Å². The zero-order valence-corrected chi connectivity index (χ0v) is 15.0. The second-order valence-electron chi connectivity index (χ2n) is 7.02. The van der Waals surface area contributed by atoms with Crippen molar-refractivity contribution in [2.75, 3.05) is 6.54 Å². The smallest absolute Gasteiger partial charge is 0.273 e. The van der Waals surface area contributed by atoms with Crippen LogP contribution in [0.15, 0.2) is 53.1 Å². The zero-order valence-electron chi connectivity index (χ0n) is 15.0. The van der Waals surface area contributed by atoms with E-state index in [1.165, 1.54) is 10.8 Å². The van der Waals surface area contributed by atoms with Gasteiger partial charge in [0.1, 0.15) is 6.61 Å². The standard InChI is InChI=1S/C20H23N3O3/c1-20(2,21)13-22-19(24)18-10-17(26-23-18)12-25-11-14-7-8-15-5-3-4-6-16(15)9-14/h3-10H,11-13,21H2,1-2H3,(H,22,24). The lowest BCUT2D eigenvalue weighted by atomic mass is 10.1. The number of nitrogens with one attached hydrogen (secondary N) is 1. The minimum Gasteiger partial charge on any atom is -0.369 e. The van der Waals surface area contributed by atoms with Crippen LogP contribution in [-0.4, -0.2) is 23.1 Å². The Morgan fingerprint density at radius 3 is 2.69 bits per heavy atom. The van der Waals surface area contributed by atoms with Gasteiger partial charge in [-0.05, 0) is 36.2 Å². The number of carbonyl (C=O) groups is 1. The van der Waals surface area contributed by atoms with E-state index in [1.807, 2.05) is 32.0 Å². The summed E-state index contributed by atoms with van der Waals surface area (Å²) in [6.07, 6.45) is 0. The van der Waals surface area contributed by atoms with Gasteiger partial charge in [0, 0.05) is 18.2 Å². The summed E-state index contributed by atoms with van der Waals surface area (Å²) in [6, 6.07) is 16.0. The third-order valence-electron chi connectivity index (χ3n) is 3.82. The molecule has 1 aromatic heterocycles. The van der Waals surface area contributed by atoms with Crippen LogP contribution >= 0.6 is 0 Å². The number of hydrogen-bond acceptors (Lipinski definition) is 5. The number of carbonyl (C=O) groups excluding carboxylic acids is 1. The van der Waals surface area contributed by atoms with E-state index in [1.54, 1.807) is 6.07 Å². The van der Waals surface area contributed by atoms with E-state index in [-0.39, 0.29) is 18.2 Å². The van der Waals surface area contributed by atoms with E-state index >= 15 is 0 Å². The minimum absolute atomic E-state index is 0.221. The number of ether oxygens (including phenoxy) is 1. The van der Waals surface area contributed by atoms with Crippen LogP contribution in [-0.2, 0) is 18.0 Å². The van der Waals surface area contributed by atoms with E-state index in [9.17, 15) is 4.79 Å². The summed E-state index contributed by atoms with van der Waals surface area (Å²) >= 11 is 0. The molecule has 0 fully saturated rings. The van der Waals surface area contributed by atoms with E-state index in [2.05, 4.69) is 34.7 Å². The fourth-order valence-electron chi connectivity index (χ4n) is 2.48. The summed E-state index contributed by atoms with van der Waals surface area (Å²) in [5, 5.41) is 8.87. The van der Waals surface area contributed by atoms with Crippen molar-refractivity contribution in [2.24, 2.45) is 5.73 Å². The molecule has 26 heavy (non-hydrogen) atoms. The average molecular weight is 353 g/mol. The van der Waals surface area contributed by atoms with E-state index in [0.717, 1.165) is 5.56 Å². The molecule has 6 nitrogen and oxygen atoms in total. The normalized spacial score (nSPS) is 11.7. The first-order chi connectivity index (χ1) is 12.4. The molecule has 2 aromatic carbocycles. The third-order valence-corrected chi connectivity index (χ3v) is 3.82. The zero-order chi connectivity index (χ0) is 18.6. The van der Waals surface area contributed by atoms with E-state index < -0.39 is 5.54 Å². The minimum atomic E-state index is -0.481. The molecular formula is C20H23N3O3. The van der Waals surface area contributed by atoms with Crippen LogP contribution in [0.1, 0.15) is 35.7 Å². The summed E-state index contributed by atoms with van der Waals surface area (Å²) < 4.78 is 10.8. The Kier molecular flexibility index (Phi) is 5.35. The summed E-state index contributed by atoms with van der Waals surface area (Å²) in [5.41, 5.74) is 6.66. The molecule has 0 bridgehead atoms. The van der Waals surface area contributed by atoms with Gasteiger partial charge in [-0.1, -0.05) is 41.6 Å². The van der Waals surface area contributed by atoms with Gasteiger partial charge in [-0.2, -0.15) is 0 Å². The second kappa shape index (κ2) is 7.68. The molecule has 0 radical (unpaired) electrons. The van der Waals surface area contributed by atoms with Gasteiger partial charge in [0.25, 0.3) is 5.91 Å². The lowest BCUT2D eigenvalue weighted by Gasteiger charge is -2.18. The van der Waals surface area contributed by atoms with Gasteiger partial charge in [-0.15, -0.1) is 0 Å². The topological polar surface area (TPSA) is 90.4 Å². The van der Waals surface area contributed by atoms with Crippen LogP contribution in [0.3, 0.4) is 0 Å². The maximum absolute atomic E-state index is 12.0. The lowest BCUT2D eigenvalue weighted by Crippen LogP contribution is -2.45. The molecule has 3 rings (SSSR count). The Morgan fingerprint density at radius 1 is 1.15 bits per heavy atom. The predicted molar refractivity (Wildman–Crippen MR) is 99.5 cm³/mol. The van der Waals surface area contributed by atoms with Crippen molar-refractivity contribution in [3.8, 4) is 0 Å². The van der Waals surface area contributed by atoms with Crippen LogP contribution in [0.4, 0.5) is 0 Å². The highest BCUT2D eigenvalue weighted by Crippen LogP contribution is 2.16. The highest BCUT2D eigenvalue weighted by Gasteiger charge is 2.16. The van der Waals surface area contributed by atoms with Gasteiger partial charge in [-0.3, -0.25) is 4.79 Å². The SMILES string of the molecule is CC(C)(N)CNC(=O)c1cc(COCc2ccc3ccccc3c2)on1. The summed E-state index contributed by atoms with van der Waals surface area (Å²) in [6.45, 7) is 4.72. The van der Waals surface area contributed by atoms with Gasteiger partial charge in [-0.25, -0.2) is 0 Å². The van der Waals surface area contributed by atoms with Crippen molar-refractivity contribution < 1.29 is 14.1 Å². The first-order valence-corrected chi connectivity index (χ1v) is 8.49. The van der Waals surface area contributed by atoms with Crippen LogP contribution in [0.5, 0.6) is 0 Å². The molecule has 0 spiro atoms. The first-order valence-electron chi connectivity index (χ1n) is 8.49. The number of hydrogen-bond donors (Lipinski definition) is 2. The van der Waals surface area contributed by atoms with Gasteiger partial charge in [0.05, 0.1) is 6.61 Å². The predicted octanol–water partition coefficient (Wildman–Crippen LogP) is 3.01. The molecular weight excluding hydrogens is 330 g/mol. The first kappa shape index (κ1) is 18.1. The fraction of sp³-hybridized carbons (Fsp3) is 0.300. The molecule has 0 aliphatic heterocycles. The second-order valence-corrected chi connectivity index (χ2v) is 7.02. The molecule has 3 N–H and O–H groups in total. The number of nitrogens with two attached hydrogens (primary N) is 1. The molecule has 6 heteroatoms. The van der Waals surface area contributed by atoms with Crippen LogP contribution in [0.25, 0.3) is 10.8 Å². The molecule has 0 aliphatic carbocycles. The third kappa shape index (κ3) is 4.91. The van der Waals surface area contributed by atoms with Gasteiger partial charge >= 0.3 is 0 Å². The summed E-state index contributed by atoms with van der Waals surface area (Å²) in [4.78, 5) is 12.0.